The molecule has 1 aromatic rings. The highest BCUT2D eigenvalue weighted by atomic mass is 19.1. The predicted molar refractivity (Wildman–Crippen MR) is 47.7 cm³/mol. The molecular weight excluding hydrogens is 171 g/mol. The highest BCUT2D eigenvalue weighted by Crippen LogP contribution is 2.21. The molecule has 0 amide bonds. The smallest absolute Gasteiger partial charge is 0.165 e. The van der Waals surface area contributed by atoms with Crippen LogP contribution in [0.25, 0.3) is 0 Å². The van der Waals surface area contributed by atoms with E-state index in [0.717, 1.165) is 0 Å². The zero-order valence-corrected chi connectivity index (χ0v) is 7.85. The molecular formula is C10H11FO2. The van der Waals surface area contributed by atoms with Crippen molar-refractivity contribution in [2.75, 3.05) is 7.11 Å². The molecule has 70 valence electrons. The molecule has 0 bridgehead atoms. The van der Waals surface area contributed by atoms with Crippen LogP contribution in [0.2, 0.25) is 0 Å². The molecule has 0 radical (unpaired) electrons. The van der Waals surface area contributed by atoms with E-state index >= 15 is 0 Å². The normalized spacial score (nSPS) is 9.85. The zero-order chi connectivity index (χ0) is 10.0. The molecule has 13 heavy (non-hydrogen) atoms. The van der Waals surface area contributed by atoms with E-state index in [-0.39, 0.29) is 11.5 Å². The van der Waals surface area contributed by atoms with Crippen molar-refractivity contribution in [3.63, 3.8) is 0 Å². The van der Waals surface area contributed by atoms with Crippen LogP contribution in [0.5, 0.6) is 5.75 Å². The molecule has 0 saturated carbocycles. The van der Waals surface area contributed by atoms with Gasteiger partial charge in [-0.2, -0.15) is 0 Å². The molecule has 0 aromatic heterocycles. The lowest BCUT2D eigenvalue weighted by atomic mass is 10.1. The Morgan fingerprint density at radius 3 is 2.54 bits per heavy atom. The molecule has 0 saturated heterocycles. The third-order valence-electron chi connectivity index (χ3n) is 1.88. The monoisotopic (exact) mass is 182 g/mol. The van der Waals surface area contributed by atoms with E-state index in [1.807, 2.05) is 0 Å². The summed E-state index contributed by atoms with van der Waals surface area (Å²) < 4.78 is 17.8. The highest BCUT2D eigenvalue weighted by Gasteiger charge is 2.10. The minimum atomic E-state index is -0.440. The van der Waals surface area contributed by atoms with Gasteiger partial charge in [0.2, 0.25) is 0 Å². The maximum absolute atomic E-state index is 13.1. The number of aryl methyl sites for hydroxylation is 1. The fourth-order valence-electron chi connectivity index (χ4n) is 1.19. The Labute approximate surface area is 76.3 Å². The Kier molecular flexibility index (Phi) is 2.66. The third-order valence-corrected chi connectivity index (χ3v) is 1.88. The summed E-state index contributed by atoms with van der Waals surface area (Å²) in [6.07, 6.45) is 0. The molecule has 0 aliphatic heterocycles. The number of Topliss-reactive ketones (excluding diaryl/α,β-unsaturated/α-hetero) is 1. The first kappa shape index (κ1) is 9.71. The van der Waals surface area contributed by atoms with Gasteiger partial charge in [-0.15, -0.1) is 0 Å². The van der Waals surface area contributed by atoms with Crippen LogP contribution in [0.3, 0.4) is 0 Å². The van der Waals surface area contributed by atoms with E-state index in [9.17, 15) is 9.18 Å². The summed E-state index contributed by atoms with van der Waals surface area (Å²) >= 11 is 0. The summed E-state index contributed by atoms with van der Waals surface area (Å²) in [4.78, 5) is 11.1. The Bertz CT molecular complexity index is 345. The van der Waals surface area contributed by atoms with Gasteiger partial charge < -0.3 is 4.74 Å². The summed E-state index contributed by atoms with van der Waals surface area (Å²) in [5.41, 5.74) is 1.13. The first-order valence-electron chi connectivity index (χ1n) is 3.91. The highest BCUT2D eigenvalue weighted by molar-refractivity contribution is 5.95. The number of methoxy groups -OCH3 is 1. The molecule has 0 N–H and O–H groups in total. The largest absolute Gasteiger partial charge is 0.494 e. The Hall–Kier alpha value is -1.38. The predicted octanol–water partition coefficient (Wildman–Crippen LogP) is 2.35. The number of carbonyl (C=O) groups excluding carboxylic acids is 1. The standard InChI is InChI=1S/C10H11FO2/c1-6-4-9(11)10(13-3)5-8(6)7(2)12/h4-5H,1-3H3. The number of hydrogen-bond acceptors (Lipinski definition) is 2. The lowest BCUT2D eigenvalue weighted by molar-refractivity contribution is 0.101. The molecule has 0 unspecified atom stereocenters. The summed E-state index contributed by atoms with van der Waals surface area (Å²) in [6, 6.07) is 2.72. The van der Waals surface area contributed by atoms with Gasteiger partial charge in [-0.1, -0.05) is 0 Å². The van der Waals surface area contributed by atoms with Gasteiger partial charge in [0.15, 0.2) is 17.3 Å². The van der Waals surface area contributed by atoms with Crippen molar-refractivity contribution >= 4 is 5.78 Å². The fourth-order valence-corrected chi connectivity index (χ4v) is 1.19. The van der Waals surface area contributed by atoms with Gasteiger partial charge in [0, 0.05) is 5.56 Å². The quantitative estimate of drug-likeness (QED) is 0.656. The molecule has 0 heterocycles. The third kappa shape index (κ3) is 1.86. The van der Waals surface area contributed by atoms with Gasteiger partial charge >= 0.3 is 0 Å². The summed E-state index contributed by atoms with van der Waals surface area (Å²) in [5, 5.41) is 0. The first-order chi connectivity index (χ1) is 6.06. The number of ether oxygens (including phenoxy) is 1. The molecule has 0 aliphatic carbocycles. The summed E-state index contributed by atoms with van der Waals surface area (Å²) in [6.45, 7) is 3.14. The molecule has 1 rings (SSSR count). The Balaban J connectivity index is 3.30. The van der Waals surface area contributed by atoms with Crippen LogP contribution in [0.15, 0.2) is 12.1 Å². The van der Waals surface area contributed by atoms with Crippen molar-refractivity contribution in [1.29, 1.82) is 0 Å². The van der Waals surface area contributed by atoms with E-state index < -0.39 is 5.82 Å². The zero-order valence-electron chi connectivity index (χ0n) is 7.85. The minimum absolute atomic E-state index is 0.0872. The summed E-state index contributed by atoms with van der Waals surface area (Å²) in [7, 11) is 1.37. The summed E-state index contributed by atoms with van der Waals surface area (Å²) in [5.74, 6) is -0.420. The maximum Gasteiger partial charge on any atom is 0.165 e. The molecule has 0 atom stereocenters. The Morgan fingerprint density at radius 1 is 1.46 bits per heavy atom. The van der Waals surface area contributed by atoms with Gasteiger partial charge in [-0.05, 0) is 31.5 Å². The lowest BCUT2D eigenvalue weighted by Gasteiger charge is -2.06. The minimum Gasteiger partial charge on any atom is -0.494 e. The lowest BCUT2D eigenvalue weighted by Crippen LogP contribution is -1.99. The van der Waals surface area contributed by atoms with Crippen molar-refractivity contribution in [3.05, 3.63) is 29.1 Å². The van der Waals surface area contributed by atoms with Crippen LogP contribution in [0.1, 0.15) is 22.8 Å². The van der Waals surface area contributed by atoms with Crippen LogP contribution in [-0.2, 0) is 0 Å². The van der Waals surface area contributed by atoms with Crippen molar-refractivity contribution in [2.45, 2.75) is 13.8 Å². The van der Waals surface area contributed by atoms with Gasteiger partial charge in [0.25, 0.3) is 0 Å². The van der Waals surface area contributed by atoms with Crippen molar-refractivity contribution < 1.29 is 13.9 Å². The van der Waals surface area contributed by atoms with E-state index in [0.29, 0.717) is 11.1 Å². The van der Waals surface area contributed by atoms with Gasteiger partial charge in [0.1, 0.15) is 0 Å². The van der Waals surface area contributed by atoms with Crippen LogP contribution < -0.4 is 4.74 Å². The van der Waals surface area contributed by atoms with Crippen LogP contribution in [-0.4, -0.2) is 12.9 Å². The topological polar surface area (TPSA) is 26.3 Å². The van der Waals surface area contributed by atoms with E-state index in [4.69, 9.17) is 4.74 Å². The number of carbonyl (C=O) groups is 1. The second kappa shape index (κ2) is 3.56. The van der Waals surface area contributed by atoms with E-state index in [1.54, 1.807) is 6.92 Å². The maximum atomic E-state index is 13.1. The number of ketones is 1. The van der Waals surface area contributed by atoms with E-state index in [2.05, 4.69) is 0 Å². The first-order valence-corrected chi connectivity index (χ1v) is 3.91. The molecule has 0 aliphatic rings. The second-order valence-corrected chi connectivity index (χ2v) is 2.86. The van der Waals surface area contributed by atoms with Crippen molar-refractivity contribution in [2.24, 2.45) is 0 Å². The second-order valence-electron chi connectivity index (χ2n) is 2.86. The van der Waals surface area contributed by atoms with E-state index in [1.165, 1.54) is 26.2 Å². The Morgan fingerprint density at radius 2 is 2.08 bits per heavy atom. The molecule has 1 aromatic carbocycles. The average Bonchev–Trinajstić information content (AvgIpc) is 2.03. The molecule has 0 fully saturated rings. The molecule has 2 nitrogen and oxygen atoms in total. The number of halogens is 1. The van der Waals surface area contributed by atoms with Gasteiger partial charge in [-0.3, -0.25) is 4.79 Å². The molecule has 0 spiro atoms. The van der Waals surface area contributed by atoms with Gasteiger partial charge in [0.05, 0.1) is 7.11 Å². The van der Waals surface area contributed by atoms with Gasteiger partial charge in [-0.25, -0.2) is 4.39 Å². The number of benzene rings is 1. The SMILES string of the molecule is COc1cc(C(C)=O)c(C)cc1F. The number of hydrogen-bond donors (Lipinski definition) is 0. The van der Waals surface area contributed by atoms with Crippen molar-refractivity contribution in [3.8, 4) is 5.75 Å². The van der Waals surface area contributed by atoms with Crippen molar-refractivity contribution in [1.82, 2.24) is 0 Å². The average molecular weight is 182 g/mol. The van der Waals surface area contributed by atoms with Crippen LogP contribution >= 0.6 is 0 Å². The molecule has 3 heteroatoms. The van der Waals surface area contributed by atoms with Crippen LogP contribution in [0, 0.1) is 12.7 Å². The number of rotatable bonds is 2. The van der Waals surface area contributed by atoms with Crippen LogP contribution in [0.4, 0.5) is 4.39 Å². The fraction of sp³-hybridized carbons (Fsp3) is 0.300.